The minimum Gasteiger partial charge on any atom is -0.332 e. The molecule has 32 heavy (non-hydrogen) atoms. The largest absolute Gasteiger partial charge is 0.332 e. The van der Waals surface area contributed by atoms with Crippen molar-refractivity contribution in [2.45, 2.75) is 84.1 Å². The summed E-state index contributed by atoms with van der Waals surface area (Å²) in [5.41, 5.74) is 2.74. The Kier molecular flexibility index (Phi) is 4.38. The highest BCUT2D eigenvalue weighted by Crippen LogP contribution is 2.69. The van der Waals surface area contributed by atoms with Gasteiger partial charge < -0.3 is 4.90 Å². The number of hydrogen-bond acceptors (Lipinski definition) is 2. The molecule has 0 bridgehead atoms. The summed E-state index contributed by atoms with van der Waals surface area (Å²) in [7, 11) is 2.04. The van der Waals surface area contributed by atoms with E-state index in [1.807, 2.05) is 26.1 Å². The Morgan fingerprint density at radius 1 is 0.938 bits per heavy atom. The Morgan fingerprint density at radius 2 is 1.69 bits per heavy atom. The summed E-state index contributed by atoms with van der Waals surface area (Å²) in [5, 5.41) is 0. The number of carbonyl (C=O) groups excluding carboxylic acids is 2. The van der Waals surface area contributed by atoms with Crippen LogP contribution in [-0.4, -0.2) is 23.6 Å². The zero-order valence-corrected chi connectivity index (χ0v) is 20.3. The van der Waals surface area contributed by atoms with Gasteiger partial charge >= 0.3 is 0 Å². The maximum Gasteiger partial charge on any atom is 0.254 e. The first-order valence-electron chi connectivity index (χ1n) is 13.1. The van der Waals surface area contributed by atoms with E-state index in [0.29, 0.717) is 23.0 Å². The number of nitrogens with zero attached hydrogens (tertiary/aromatic N) is 1. The normalized spacial score (nSPS) is 47.1. The maximum atomic E-state index is 13.1. The van der Waals surface area contributed by atoms with Gasteiger partial charge in [-0.25, -0.2) is 0 Å². The monoisotopic (exact) mass is 433 g/mol. The summed E-state index contributed by atoms with van der Waals surface area (Å²) in [6.07, 6.45) is 11.0. The predicted octanol–water partition coefficient (Wildman–Crippen LogP) is 6.22. The van der Waals surface area contributed by atoms with Crippen LogP contribution < -0.4 is 0 Å². The average molecular weight is 434 g/mol. The molecular formula is C29H39NO2. The van der Waals surface area contributed by atoms with Gasteiger partial charge in [-0.1, -0.05) is 32.0 Å². The van der Waals surface area contributed by atoms with E-state index in [1.165, 1.54) is 44.1 Å². The second-order valence-electron chi connectivity index (χ2n) is 12.6. The standard InChI is InChI=1S/C29H39NO2/c1-18(31)22-11-12-23-20-10-9-19-17-29(25-8-6-5-7-21(25)26(32)30(29)4)16-15-27(19,2)24(20)13-14-28(22,23)3/h5-8,19-20,22-24H,9-17H2,1-4H3/t19-,20-,22+,23-,24-,27-,28+,29+/m0/s1. The second-order valence-corrected chi connectivity index (χ2v) is 12.6. The van der Waals surface area contributed by atoms with Gasteiger partial charge in [-0.05, 0) is 111 Å². The van der Waals surface area contributed by atoms with Gasteiger partial charge in [0, 0.05) is 18.5 Å². The van der Waals surface area contributed by atoms with E-state index in [2.05, 4.69) is 30.9 Å². The van der Waals surface area contributed by atoms with Crippen LogP contribution in [0.3, 0.4) is 0 Å². The molecule has 1 heterocycles. The van der Waals surface area contributed by atoms with E-state index in [-0.39, 0.29) is 16.9 Å². The summed E-state index contributed by atoms with van der Waals surface area (Å²) < 4.78 is 0. The van der Waals surface area contributed by atoms with Crippen LogP contribution in [0.15, 0.2) is 24.3 Å². The fourth-order valence-electron chi connectivity index (χ4n) is 10.1. The topological polar surface area (TPSA) is 37.4 Å². The molecule has 1 spiro atoms. The number of fused-ring (bicyclic) bond motifs is 7. The van der Waals surface area contributed by atoms with Crippen molar-refractivity contribution in [3.63, 3.8) is 0 Å². The van der Waals surface area contributed by atoms with E-state index in [4.69, 9.17) is 0 Å². The van der Waals surface area contributed by atoms with Crippen molar-refractivity contribution < 1.29 is 9.59 Å². The molecular weight excluding hydrogens is 394 g/mol. The SMILES string of the molecule is CC(=O)[C@H]1CC[C@H]2[C@@H]3CC[C@H]4C[C@]5(CC[C@]4(C)[C@H]3CC[C@]12C)c1ccccc1C(=O)N5C. The molecule has 5 aliphatic rings. The molecule has 0 radical (unpaired) electrons. The molecule has 0 saturated heterocycles. The highest BCUT2D eigenvalue weighted by Gasteiger charge is 2.63. The Bertz CT molecular complexity index is 985. The summed E-state index contributed by atoms with van der Waals surface area (Å²) in [5.74, 6) is 3.95. The third kappa shape index (κ3) is 2.44. The highest BCUT2D eigenvalue weighted by molar-refractivity contribution is 5.99. The van der Waals surface area contributed by atoms with Gasteiger partial charge in [0.1, 0.15) is 5.78 Å². The fraction of sp³-hybridized carbons (Fsp3) is 0.724. The minimum atomic E-state index is -0.0963. The molecule has 4 saturated carbocycles. The van der Waals surface area contributed by atoms with Crippen LogP contribution in [0.25, 0.3) is 0 Å². The molecule has 1 aromatic carbocycles. The molecule has 4 fully saturated rings. The number of benzene rings is 1. The Hall–Kier alpha value is -1.64. The summed E-state index contributed by atoms with van der Waals surface area (Å²) in [6, 6.07) is 8.38. The molecule has 3 nitrogen and oxygen atoms in total. The molecule has 172 valence electrons. The van der Waals surface area contributed by atoms with E-state index in [9.17, 15) is 9.59 Å². The molecule has 6 rings (SSSR count). The van der Waals surface area contributed by atoms with Crippen LogP contribution in [0.5, 0.6) is 0 Å². The van der Waals surface area contributed by atoms with Gasteiger partial charge in [0.15, 0.2) is 0 Å². The Morgan fingerprint density at radius 3 is 2.47 bits per heavy atom. The van der Waals surface area contributed by atoms with E-state index in [1.54, 1.807) is 0 Å². The van der Waals surface area contributed by atoms with Gasteiger partial charge in [0.05, 0.1) is 5.54 Å². The van der Waals surface area contributed by atoms with Crippen molar-refractivity contribution in [2.75, 3.05) is 7.05 Å². The van der Waals surface area contributed by atoms with Crippen LogP contribution in [0.4, 0.5) is 0 Å². The zero-order chi connectivity index (χ0) is 22.5. The third-order valence-electron chi connectivity index (χ3n) is 11.8. The molecule has 8 atom stereocenters. The number of ketones is 1. The summed E-state index contributed by atoms with van der Waals surface area (Å²) >= 11 is 0. The number of amides is 1. The van der Waals surface area contributed by atoms with Crippen LogP contribution >= 0.6 is 0 Å². The fourth-order valence-corrected chi connectivity index (χ4v) is 10.1. The van der Waals surface area contributed by atoms with Gasteiger partial charge in [0.2, 0.25) is 0 Å². The van der Waals surface area contributed by atoms with Gasteiger partial charge in [-0.2, -0.15) is 0 Å². The summed E-state index contributed by atoms with van der Waals surface area (Å²) in [6.45, 7) is 6.89. The molecule has 1 aromatic rings. The predicted molar refractivity (Wildman–Crippen MR) is 126 cm³/mol. The van der Waals surface area contributed by atoms with Crippen LogP contribution in [0.1, 0.15) is 94.5 Å². The van der Waals surface area contributed by atoms with Crippen LogP contribution in [0, 0.1) is 40.4 Å². The van der Waals surface area contributed by atoms with Crippen molar-refractivity contribution in [3.05, 3.63) is 35.4 Å². The molecule has 1 amide bonds. The highest BCUT2D eigenvalue weighted by atomic mass is 16.2. The average Bonchev–Trinajstić information content (AvgIpc) is 3.23. The van der Waals surface area contributed by atoms with Crippen LogP contribution in [-0.2, 0) is 10.3 Å². The number of rotatable bonds is 1. The van der Waals surface area contributed by atoms with E-state index >= 15 is 0 Å². The van der Waals surface area contributed by atoms with Gasteiger partial charge in [0.25, 0.3) is 5.91 Å². The lowest BCUT2D eigenvalue weighted by molar-refractivity contribution is -0.141. The first-order valence-corrected chi connectivity index (χ1v) is 13.1. The number of carbonyl (C=O) groups is 2. The molecule has 0 aromatic heterocycles. The molecule has 4 aliphatic carbocycles. The lowest BCUT2D eigenvalue weighted by Gasteiger charge is -2.63. The van der Waals surface area contributed by atoms with Crippen molar-refractivity contribution in [1.82, 2.24) is 4.90 Å². The zero-order valence-electron chi connectivity index (χ0n) is 20.3. The molecule has 3 heteroatoms. The lowest BCUT2D eigenvalue weighted by atomic mass is 9.43. The second kappa shape index (κ2) is 6.70. The van der Waals surface area contributed by atoms with E-state index < -0.39 is 0 Å². The molecule has 0 unspecified atom stereocenters. The van der Waals surface area contributed by atoms with Crippen molar-refractivity contribution in [3.8, 4) is 0 Å². The molecule has 0 N–H and O–H groups in total. The lowest BCUT2D eigenvalue weighted by Crippen LogP contribution is -2.57. The molecule has 1 aliphatic heterocycles. The quantitative estimate of drug-likeness (QED) is 0.527. The minimum absolute atomic E-state index is 0.0963. The van der Waals surface area contributed by atoms with Crippen molar-refractivity contribution >= 4 is 11.7 Å². The van der Waals surface area contributed by atoms with Gasteiger partial charge in [-0.3, -0.25) is 9.59 Å². The van der Waals surface area contributed by atoms with E-state index in [0.717, 1.165) is 42.6 Å². The van der Waals surface area contributed by atoms with Gasteiger partial charge in [-0.15, -0.1) is 0 Å². The first-order chi connectivity index (χ1) is 15.2. The Labute approximate surface area is 193 Å². The third-order valence-corrected chi connectivity index (χ3v) is 11.8. The number of Topliss-reactive ketones (excluding diaryl/α,β-unsaturated/α-hetero) is 1. The summed E-state index contributed by atoms with van der Waals surface area (Å²) in [4.78, 5) is 27.6. The van der Waals surface area contributed by atoms with Crippen molar-refractivity contribution in [1.29, 1.82) is 0 Å². The number of hydrogen-bond donors (Lipinski definition) is 0. The first kappa shape index (κ1) is 20.9. The van der Waals surface area contributed by atoms with Crippen LogP contribution in [0.2, 0.25) is 0 Å². The van der Waals surface area contributed by atoms with Crippen molar-refractivity contribution in [2.24, 2.45) is 40.4 Å². The smallest absolute Gasteiger partial charge is 0.254 e. The maximum absolute atomic E-state index is 13.1. The Balaban J connectivity index is 1.31.